The molecule has 0 spiro atoms. The Kier molecular flexibility index (Phi) is 2.76. The number of nitrogens with zero attached hydrogens (tertiary/aromatic N) is 3. The minimum atomic E-state index is 0.0109. The maximum Gasteiger partial charge on any atom is 0.168 e. The second-order valence-corrected chi connectivity index (χ2v) is 4.06. The zero-order valence-electron chi connectivity index (χ0n) is 9.07. The monoisotopic (exact) mass is 189 g/mol. The predicted molar refractivity (Wildman–Crippen MR) is 59.0 cm³/mol. The molecular weight excluding hydrogens is 174 g/mol. The van der Waals surface area contributed by atoms with Crippen molar-refractivity contribution in [1.82, 2.24) is 9.78 Å². The largest absolute Gasteiger partial charge is 0.241 e. The summed E-state index contributed by atoms with van der Waals surface area (Å²) in [6, 6.07) is 2.46. The molecule has 0 aliphatic heterocycles. The summed E-state index contributed by atoms with van der Waals surface area (Å²) in [7, 11) is 0. The van der Waals surface area contributed by atoms with Crippen molar-refractivity contribution < 1.29 is 0 Å². The smallest absolute Gasteiger partial charge is 0.168 e. The van der Waals surface area contributed by atoms with Crippen LogP contribution in [-0.2, 0) is 5.41 Å². The first kappa shape index (κ1) is 10.5. The summed E-state index contributed by atoms with van der Waals surface area (Å²) in [6.45, 7) is 8.19. The SMILES string of the molecule is C#Cn1ncc(C(C)(C)C)c1/N=C\C. The van der Waals surface area contributed by atoms with Crippen molar-refractivity contribution in [2.24, 2.45) is 4.99 Å². The molecule has 0 saturated heterocycles. The maximum absolute atomic E-state index is 5.31. The van der Waals surface area contributed by atoms with Crippen LogP contribution < -0.4 is 0 Å². The van der Waals surface area contributed by atoms with Gasteiger partial charge in [0, 0.05) is 17.8 Å². The van der Waals surface area contributed by atoms with Gasteiger partial charge >= 0.3 is 0 Å². The van der Waals surface area contributed by atoms with Crippen LogP contribution in [0.1, 0.15) is 33.3 Å². The number of aromatic nitrogens is 2. The van der Waals surface area contributed by atoms with Gasteiger partial charge < -0.3 is 0 Å². The Balaban J connectivity index is 3.33. The average Bonchev–Trinajstić information content (AvgIpc) is 2.47. The van der Waals surface area contributed by atoms with E-state index in [9.17, 15) is 0 Å². The Hall–Kier alpha value is -1.56. The third kappa shape index (κ3) is 1.85. The number of rotatable bonds is 1. The molecule has 0 atom stereocenters. The molecule has 0 radical (unpaired) electrons. The standard InChI is InChI=1S/C11H15N3/c1-6-12-10-9(11(3,4)5)8-13-14(10)7-2/h2,6,8H,1,3-5H3/b12-6-. The molecule has 0 saturated carbocycles. The van der Waals surface area contributed by atoms with Crippen molar-refractivity contribution in [1.29, 1.82) is 0 Å². The van der Waals surface area contributed by atoms with Gasteiger partial charge in [0.2, 0.25) is 0 Å². The molecule has 74 valence electrons. The van der Waals surface area contributed by atoms with Gasteiger partial charge in [-0.25, -0.2) is 4.99 Å². The van der Waals surface area contributed by atoms with Crippen molar-refractivity contribution in [2.75, 3.05) is 0 Å². The number of terminal acetylenes is 1. The van der Waals surface area contributed by atoms with Crippen LogP contribution in [0.3, 0.4) is 0 Å². The van der Waals surface area contributed by atoms with Crippen LogP contribution in [0.4, 0.5) is 5.82 Å². The number of hydrogen-bond acceptors (Lipinski definition) is 2. The van der Waals surface area contributed by atoms with Crippen molar-refractivity contribution in [3.8, 4) is 12.5 Å². The van der Waals surface area contributed by atoms with Crippen LogP contribution in [-0.4, -0.2) is 16.0 Å². The van der Waals surface area contributed by atoms with Crippen molar-refractivity contribution in [3.05, 3.63) is 11.8 Å². The average molecular weight is 189 g/mol. The Morgan fingerprint density at radius 3 is 2.64 bits per heavy atom. The molecule has 0 aromatic carbocycles. The highest BCUT2D eigenvalue weighted by Crippen LogP contribution is 2.30. The summed E-state index contributed by atoms with van der Waals surface area (Å²) in [5, 5.41) is 4.09. The van der Waals surface area contributed by atoms with E-state index in [4.69, 9.17) is 6.42 Å². The lowest BCUT2D eigenvalue weighted by Gasteiger charge is -2.16. The van der Waals surface area contributed by atoms with E-state index in [0.717, 1.165) is 11.4 Å². The summed E-state index contributed by atoms with van der Waals surface area (Å²) in [4.78, 5) is 4.24. The molecule has 1 aromatic heterocycles. The summed E-state index contributed by atoms with van der Waals surface area (Å²) >= 11 is 0. The zero-order valence-corrected chi connectivity index (χ0v) is 9.07. The fourth-order valence-electron chi connectivity index (χ4n) is 1.21. The highest BCUT2D eigenvalue weighted by atomic mass is 15.3. The van der Waals surface area contributed by atoms with Gasteiger partial charge in [-0.1, -0.05) is 27.2 Å². The minimum absolute atomic E-state index is 0.0109. The van der Waals surface area contributed by atoms with E-state index in [0.29, 0.717) is 0 Å². The molecule has 0 bridgehead atoms. The van der Waals surface area contributed by atoms with E-state index in [1.807, 2.05) is 6.92 Å². The minimum Gasteiger partial charge on any atom is -0.241 e. The van der Waals surface area contributed by atoms with Gasteiger partial charge in [-0.3, -0.25) is 0 Å². The normalized spacial score (nSPS) is 11.9. The first-order chi connectivity index (χ1) is 6.50. The molecule has 0 N–H and O–H groups in total. The Bertz CT molecular complexity index is 386. The molecule has 1 heterocycles. The lowest BCUT2D eigenvalue weighted by atomic mass is 9.89. The molecule has 0 amide bonds. The molecule has 3 nitrogen and oxygen atoms in total. The van der Waals surface area contributed by atoms with E-state index < -0.39 is 0 Å². The summed E-state index contributed by atoms with van der Waals surface area (Å²) in [5.74, 6) is 0.752. The Morgan fingerprint density at radius 2 is 2.21 bits per heavy atom. The molecule has 3 heteroatoms. The molecule has 0 aliphatic carbocycles. The first-order valence-electron chi connectivity index (χ1n) is 4.54. The summed E-state index contributed by atoms with van der Waals surface area (Å²) < 4.78 is 1.46. The highest BCUT2D eigenvalue weighted by molar-refractivity contribution is 5.61. The highest BCUT2D eigenvalue weighted by Gasteiger charge is 2.21. The van der Waals surface area contributed by atoms with E-state index >= 15 is 0 Å². The lowest BCUT2D eigenvalue weighted by molar-refractivity contribution is 0.591. The van der Waals surface area contributed by atoms with Gasteiger partial charge in [-0.15, -0.1) is 0 Å². The molecular formula is C11H15N3. The molecule has 1 aromatic rings. The Morgan fingerprint density at radius 1 is 1.57 bits per heavy atom. The second-order valence-electron chi connectivity index (χ2n) is 4.06. The molecule has 1 rings (SSSR count). The van der Waals surface area contributed by atoms with E-state index in [1.54, 1.807) is 12.4 Å². The summed E-state index contributed by atoms with van der Waals surface area (Å²) in [5.41, 5.74) is 1.07. The predicted octanol–water partition coefficient (Wildman–Crippen LogP) is 2.34. The quantitative estimate of drug-likeness (QED) is 0.492. The van der Waals surface area contributed by atoms with Crippen LogP contribution in [0.15, 0.2) is 11.2 Å². The van der Waals surface area contributed by atoms with Gasteiger partial charge in [0.15, 0.2) is 5.82 Å². The van der Waals surface area contributed by atoms with Crippen LogP contribution in [0.5, 0.6) is 0 Å². The molecule has 0 aliphatic rings. The lowest BCUT2D eigenvalue weighted by Crippen LogP contribution is -2.10. The molecule has 0 fully saturated rings. The van der Waals surface area contributed by atoms with Gasteiger partial charge in [-0.05, 0) is 12.3 Å². The maximum atomic E-state index is 5.31. The first-order valence-corrected chi connectivity index (χ1v) is 4.54. The van der Waals surface area contributed by atoms with Crippen LogP contribution in [0, 0.1) is 12.5 Å². The van der Waals surface area contributed by atoms with Gasteiger partial charge in [0.1, 0.15) is 0 Å². The fourth-order valence-corrected chi connectivity index (χ4v) is 1.21. The van der Waals surface area contributed by atoms with Gasteiger partial charge in [0.05, 0.1) is 6.20 Å². The zero-order chi connectivity index (χ0) is 10.8. The Labute approximate surface area is 84.9 Å². The van der Waals surface area contributed by atoms with Crippen molar-refractivity contribution >= 4 is 12.0 Å². The van der Waals surface area contributed by atoms with E-state index in [-0.39, 0.29) is 5.41 Å². The third-order valence-electron chi connectivity index (χ3n) is 1.93. The van der Waals surface area contributed by atoms with Crippen molar-refractivity contribution in [3.63, 3.8) is 0 Å². The summed E-state index contributed by atoms with van der Waals surface area (Å²) in [6.07, 6.45) is 8.82. The molecule has 14 heavy (non-hydrogen) atoms. The van der Waals surface area contributed by atoms with Crippen LogP contribution in [0.25, 0.3) is 0 Å². The van der Waals surface area contributed by atoms with Crippen LogP contribution >= 0.6 is 0 Å². The van der Waals surface area contributed by atoms with Gasteiger partial charge in [0.25, 0.3) is 0 Å². The number of hydrogen-bond donors (Lipinski definition) is 0. The number of aliphatic imine (C=N–C) groups is 1. The topological polar surface area (TPSA) is 30.2 Å². The van der Waals surface area contributed by atoms with Gasteiger partial charge in [-0.2, -0.15) is 9.78 Å². The molecule has 0 unspecified atom stereocenters. The second kappa shape index (κ2) is 3.67. The fraction of sp³-hybridized carbons (Fsp3) is 0.455. The van der Waals surface area contributed by atoms with E-state index in [1.165, 1.54) is 4.68 Å². The van der Waals surface area contributed by atoms with Crippen molar-refractivity contribution in [2.45, 2.75) is 33.1 Å². The third-order valence-corrected chi connectivity index (χ3v) is 1.93. The van der Waals surface area contributed by atoms with Crippen LogP contribution in [0.2, 0.25) is 0 Å². The van der Waals surface area contributed by atoms with E-state index in [2.05, 4.69) is 36.9 Å².